The zero-order valence-electron chi connectivity index (χ0n) is 12.5. The van der Waals surface area contributed by atoms with Gasteiger partial charge < -0.3 is 5.11 Å². The minimum atomic E-state index is -0.668. The molecule has 1 N–H and O–H groups in total. The molecule has 0 atom stereocenters. The molecule has 5 heteroatoms. The monoisotopic (exact) mass is 279 g/mol. The number of nitrogens with zero attached hydrogens (tertiary/aromatic N) is 3. The fraction of sp³-hybridized carbons (Fsp3) is 0.800. The minimum absolute atomic E-state index is 0.509. The molecule has 0 amide bonds. The molecule has 0 radical (unpaired) electrons. The van der Waals surface area contributed by atoms with Gasteiger partial charge in [0.1, 0.15) is 12.2 Å². The summed E-state index contributed by atoms with van der Waals surface area (Å²) in [6.07, 6.45) is 8.04. The summed E-state index contributed by atoms with van der Waals surface area (Å²) in [7, 11) is 0. The van der Waals surface area contributed by atoms with Gasteiger partial charge in [-0.2, -0.15) is 5.10 Å². The molecule has 5 nitrogen and oxygen atoms in total. The van der Waals surface area contributed by atoms with E-state index in [-0.39, 0.29) is 0 Å². The first-order valence-electron chi connectivity index (χ1n) is 7.71. The standard InChI is InChI=1S/C15H25N3O2/c1-3-5-12-6-8-15(9-7-12,14(19)20)10-13-16-11-17-18(13)4-2/h11-12H,3-10H2,1-2H3,(H,19,20). The smallest absolute Gasteiger partial charge is 0.310 e. The molecular formula is C15H25N3O2. The summed E-state index contributed by atoms with van der Waals surface area (Å²) in [6.45, 7) is 4.94. The van der Waals surface area contributed by atoms with Crippen LogP contribution in [0.15, 0.2) is 6.33 Å². The quantitative estimate of drug-likeness (QED) is 0.869. The van der Waals surface area contributed by atoms with Crippen molar-refractivity contribution in [1.29, 1.82) is 0 Å². The molecule has 1 heterocycles. The topological polar surface area (TPSA) is 68.0 Å². The van der Waals surface area contributed by atoms with Gasteiger partial charge in [-0.05, 0) is 38.5 Å². The highest BCUT2D eigenvalue weighted by Gasteiger charge is 2.42. The second-order valence-electron chi connectivity index (χ2n) is 5.99. The van der Waals surface area contributed by atoms with E-state index < -0.39 is 11.4 Å². The third-order valence-electron chi connectivity index (χ3n) is 4.70. The van der Waals surface area contributed by atoms with Gasteiger partial charge in [0.2, 0.25) is 0 Å². The number of rotatable bonds is 6. The zero-order chi connectivity index (χ0) is 14.6. The molecule has 1 aromatic rings. The average molecular weight is 279 g/mol. The summed E-state index contributed by atoms with van der Waals surface area (Å²) in [4.78, 5) is 16.1. The highest BCUT2D eigenvalue weighted by atomic mass is 16.4. The van der Waals surface area contributed by atoms with Crippen LogP contribution in [-0.4, -0.2) is 25.8 Å². The van der Waals surface area contributed by atoms with Crippen molar-refractivity contribution in [3.8, 4) is 0 Å². The van der Waals surface area contributed by atoms with Gasteiger partial charge >= 0.3 is 5.97 Å². The van der Waals surface area contributed by atoms with Gasteiger partial charge in [0.25, 0.3) is 0 Å². The third-order valence-corrected chi connectivity index (χ3v) is 4.70. The Balaban J connectivity index is 2.10. The second-order valence-corrected chi connectivity index (χ2v) is 5.99. The number of carboxylic acid groups (broad SMARTS) is 1. The van der Waals surface area contributed by atoms with Crippen LogP contribution in [0, 0.1) is 11.3 Å². The highest BCUT2D eigenvalue weighted by molar-refractivity contribution is 5.75. The first-order valence-corrected chi connectivity index (χ1v) is 7.71. The number of hydrogen-bond donors (Lipinski definition) is 1. The van der Waals surface area contributed by atoms with Crippen molar-refractivity contribution >= 4 is 5.97 Å². The van der Waals surface area contributed by atoms with E-state index in [0.717, 1.165) is 38.1 Å². The summed E-state index contributed by atoms with van der Waals surface area (Å²) in [5.41, 5.74) is -0.635. The number of aromatic nitrogens is 3. The Hall–Kier alpha value is -1.39. The molecule has 0 spiro atoms. The maximum Gasteiger partial charge on any atom is 0.310 e. The SMILES string of the molecule is CCCC1CCC(Cc2ncnn2CC)(C(=O)O)CC1. The molecule has 20 heavy (non-hydrogen) atoms. The van der Waals surface area contributed by atoms with Crippen LogP contribution in [-0.2, 0) is 17.8 Å². The van der Waals surface area contributed by atoms with E-state index in [9.17, 15) is 9.90 Å². The molecule has 1 aliphatic rings. The van der Waals surface area contributed by atoms with Gasteiger partial charge in [-0.25, -0.2) is 4.98 Å². The first kappa shape index (κ1) is 15.0. The van der Waals surface area contributed by atoms with Gasteiger partial charge in [-0.1, -0.05) is 19.8 Å². The molecule has 1 fully saturated rings. The molecule has 2 rings (SSSR count). The molecule has 1 aliphatic carbocycles. The lowest BCUT2D eigenvalue weighted by Gasteiger charge is -2.36. The van der Waals surface area contributed by atoms with E-state index in [1.165, 1.54) is 19.2 Å². The Labute approximate surface area is 120 Å². The summed E-state index contributed by atoms with van der Waals surface area (Å²) < 4.78 is 1.81. The van der Waals surface area contributed by atoms with Gasteiger partial charge in [-0.15, -0.1) is 0 Å². The van der Waals surface area contributed by atoms with Crippen LogP contribution >= 0.6 is 0 Å². The third kappa shape index (κ3) is 3.02. The summed E-state index contributed by atoms with van der Waals surface area (Å²) in [5.74, 6) is 0.846. The predicted molar refractivity (Wildman–Crippen MR) is 76.3 cm³/mol. The van der Waals surface area contributed by atoms with Crippen molar-refractivity contribution in [1.82, 2.24) is 14.8 Å². The maximum atomic E-state index is 11.8. The van der Waals surface area contributed by atoms with E-state index in [0.29, 0.717) is 12.3 Å². The van der Waals surface area contributed by atoms with Gasteiger partial charge in [0, 0.05) is 13.0 Å². The van der Waals surface area contributed by atoms with Gasteiger partial charge in [-0.3, -0.25) is 9.48 Å². The van der Waals surface area contributed by atoms with Gasteiger partial charge in [0.05, 0.1) is 5.41 Å². The van der Waals surface area contributed by atoms with Crippen LogP contribution in [0.25, 0.3) is 0 Å². The van der Waals surface area contributed by atoms with Crippen LogP contribution < -0.4 is 0 Å². The highest BCUT2D eigenvalue weighted by Crippen LogP contribution is 2.42. The molecule has 0 unspecified atom stereocenters. The molecule has 0 aliphatic heterocycles. The number of aryl methyl sites for hydroxylation is 1. The van der Waals surface area contributed by atoms with Crippen LogP contribution in [0.5, 0.6) is 0 Å². The second kappa shape index (κ2) is 6.37. The largest absolute Gasteiger partial charge is 0.481 e. The predicted octanol–water partition coefficient (Wildman–Crippen LogP) is 2.90. The fourth-order valence-corrected chi connectivity index (χ4v) is 3.39. The Bertz CT molecular complexity index is 448. The number of carboxylic acids is 1. The summed E-state index contributed by atoms with van der Waals surface area (Å²) in [5, 5.41) is 13.9. The van der Waals surface area contributed by atoms with E-state index in [1.807, 2.05) is 11.6 Å². The minimum Gasteiger partial charge on any atom is -0.481 e. The van der Waals surface area contributed by atoms with Crippen molar-refractivity contribution in [2.45, 2.75) is 65.3 Å². The molecular weight excluding hydrogens is 254 g/mol. The van der Waals surface area contributed by atoms with E-state index in [1.54, 1.807) is 0 Å². The van der Waals surface area contributed by atoms with Crippen LogP contribution in [0.4, 0.5) is 0 Å². The molecule has 112 valence electrons. The normalized spacial score (nSPS) is 26.6. The number of hydrogen-bond acceptors (Lipinski definition) is 3. The Morgan fingerprint density at radius 2 is 2.15 bits per heavy atom. The van der Waals surface area contributed by atoms with Crippen LogP contribution in [0.3, 0.4) is 0 Å². The summed E-state index contributed by atoms with van der Waals surface area (Å²) in [6, 6.07) is 0. The maximum absolute atomic E-state index is 11.8. The zero-order valence-corrected chi connectivity index (χ0v) is 12.5. The Morgan fingerprint density at radius 1 is 1.45 bits per heavy atom. The average Bonchev–Trinajstić information content (AvgIpc) is 2.88. The van der Waals surface area contributed by atoms with Crippen molar-refractivity contribution in [2.24, 2.45) is 11.3 Å². The fourth-order valence-electron chi connectivity index (χ4n) is 3.39. The van der Waals surface area contributed by atoms with E-state index >= 15 is 0 Å². The van der Waals surface area contributed by atoms with Gasteiger partial charge in [0.15, 0.2) is 0 Å². The molecule has 0 aromatic carbocycles. The number of aliphatic carboxylic acids is 1. The molecule has 1 saturated carbocycles. The number of carbonyl (C=O) groups is 1. The lowest BCUT2D eigenvalue weighted by atomic mass is 9.67. The van der Waals surface area contributed by atoms with Crippen molar-refractivity contribution < 1.29 is 9.90 Å². The van der Waals surface area contributed by atoms with Crippen LogP contribution in [0.2, 0.25) is 0 Å². The molecule has 1 aromatic heterocycles. The summed E-state index contributed by atoms with van der Waals surface area (Å²) >= 11 is 0. The molecule has 0 bridgehead atoms. The lowest BCUT2D eigenvalue weighted by molar-refractivity contribution is -0.151. The van der Waals surface area contributed by atoms with Crippen molar-refractivity contribution in [3.63, 3.8) is 0 Å². The molecule has 0 saturated heterocycles. The van der Waals surface area contributed by atoms with Crippen molar-refractivity contribution in [3.05, 3.63) is 12.2 Å². The lowest BCUT2D eigenvalue weighted by Crippen LogP contribution is -2.38. The van der Waals surface area contributed by atoms with E-state index in [4.69, 9.17) is 0 Å². The van der Waals surface area contributed by atoms with Crippen molar-refractivity contribution in [2.75, 3.05) is 0 Å². The Morgan fingerprint density at radius 3 is 2.70 bits per heavy atom. The van der Waals surface area contributed by atoms with E-state index in [2.05, 4.69) is 17.0 Å². The first-order chi connectivity index (χ1) is 9.61. The Kier molecular flexibility index (Phi) is 4.78. The van der Waals surface area contributed by atoms with Crippen LogP contribution in [0.1, 0.15) is 58.2 Å².